The molecule has 3 rings (SSSR count). The average molecular weight is 292 g/mol. The second-order valence-electron chi connectivity index (χ2n) is 5.71. The summed E-state index contributed by atoms with van der Waals surface area (Å²) in [5.74, 6) is -4.25. The third kappa shape index (κ3) is 2.50. The molecule has 1 aromatic rings. The summed E-state index contributed by atoms with van der Waals surface area (Å²) in [6.07, 6.45) is 0.847. The largest absolute Gasteiger partial charge is 0.307 e. The van der Waals surface area contributed by atoms with Crippen molar-refractivity contribution < 1.29 is 13.6 Å². The van der Waals surface area contributed by atoms with Crippen LogP contribution in [0.1, 0.15) is 31.2 Å². The van der Waals surface area contributed by atoms with E-state index in [0.29, 0.717) is 31.6 Å². The molecule has 0 saturated heterocycles. The molecular weight excluding hydrogens is 274 g/mol. The number of hydrogen-bond acceptors (Lipinski definition) is 3. The van der Waals surface area contributed by atoms with Crippen LogP contribution in [0.4, 0.5) is 8.78 Å². The van der Waals surface area contributed by atoms with Gasteiger partial charge in [0, 0.05) is 25.2 Å². The highest BCUT2D eigenvalue weighted by Crippen LogP contribution is 2.38. The fourth-order valence-corrected chi connectivity index (χ4v) is 3.20. The molecule has 0 unspecified atom stereocenters. The molecule has 1 N–H and O–H groups in total. The van der Waals surface area contributed by atoms with Crippen molar-refractivity contribution in [2.45, 2.75) is 43.7 Å². The summed E-state index contributed by atoms with van der Waals surface area (Å²) in [4.78, 5) is 16.7. The molecule has 0 radical (unpaired) electrons. The quantitative estimate of drug-likeness (QED) is 0.930. The SMILES string of the molecule is O=C1C(F)(F)CCC2=NCCC[C@]12NCc1ccccc1. The summed E-state index contributed by atoms with van der Waals surface area (Å²) in [5.41, 5.74) is 0.314. The topological polar surface area (TPSA) is 41.5 Å². The summed E-state index contributed by atoms with van der Waals surface area (Å²) < 4.78 is 27.8. The molecule has 1 saturated carbocycles. The van der Waals surface area contributed by atoms with E-state index in [4.69, 9.17) is 0 Å². The van der Waals surface area contributed by atoms with Crippen LogP contribution in [0.15, 0.2) is 35.3 Å². The highest BCUT2D eigenvalue weighted by molar-refractivity contribution is 6.18. The number of aliphatic imine (C=N–C) groups is 1. The van der Waals surface area contributed by atoms with E-state index in [1.165, 1.54) is 0 Å². The maximum atomic E-state index is 13.9. The average Bonchev–Trinajstić information content (AvgIpc) is 2.51. The minimum absolute atomic E-state index is 0.195. The number of Topliss-reactive ketones (excluding diaryl/α,β-unsaturated/α-hetero) is 1. The van der Waals surface area contributed by atoms with Gasteiger partial charge in [0.25, 0.3) is 0 Å². The standard InChI is InChI=1S/C16H18F2N2O/c17-16(18)9-7-13-15(14(16)21,8-4-10-19-13)20-11-12-5-2-1-3-6-12/h1-3,5-6,20H,4,7-11H2/t15-/m1/s1. The second-order valence-corrected chi connectivity index (χ2v) is 5.71. The molecule has 0 spiro atoms. The van der Waals surface area contributed by atoms with Gasteiger partial charge in [-0.25, -0.2) is 0 Å². The Hall–Kier alpha value is -1.62. The van der Waals surface area contributed by atoms with Crippen LogP contribution in [-0.2, 0) is 11.3 Å². The first-order valence-electron chi connectivity index (χ1n) is 7.30. The summed E-state index contributed by atoms with van der Waals surface area (Å²) in [5, 5.41) is 3.10. The van der Waals surface area contributed by atoms with E-state index < -0.39 is 23.7 Å². The predicted molar refractivity (Wildman–Crippen MR) is 76.7 cm³/mol. The summed E-state index contributed by atoms with van der Waals surface area (Å²) >= 11 is 0. The number of rotatable bonds is 3. The Kier molecular flexibility index (Phi) is 3.61. The lowest BCUT2D eigenvalue weighted by atomic mass is 9.72. The molecule has 1 atom stereocenters. The van der Waals surface area contributed by atoms with Crippen molar-refractivity contribution in [3.63, 3.8) is 0 Å². The van der Waals surface area contributed by atoms with Gasteiger partial charge < -0.3 is 0 Å². The van der Waals surface area contributed by atoms with Gasteiger partial charge in [0.15, 0.2) is 0 Å². The van der Waals surface area contributed by atoms with Crippen molar-refractivity contribution in [3.8, 4) is 0 Å². The Morgan fingerprint density at radius 1 is 1.19 bits per heavy atom. The zero-order chi connectivity index (χ0) is 14.9. The van der Waals surface area contributed by atoms with Crippen LogP contribution in [0.2, 0.25) is 0 Å². The zero-order valence-corrected chi connectivity index (χ0v) is 11.7. The van der Waals surface area contributed by atoms with Gasteiger partial charge in [-0.15, -0.1) is 0 Å². The molecule has 3 nitrogen and oxygen atoms in total. The number of hydrogen-bond donors (Lipinski definition) is 1. The van der Waals surface area contributed by atoms with Gasteiger partial charge in [0.05, 0.1) is 0 Å². The first kappa shape index (κ1) is 14.3. The lowest BCUT2D eigenvalue weighted by molar-refractivity contribution is -0.150. The Labute approximate surface area is 122 Å². The number of nitrogens with zero attached hydrogens (tertiary/aromatic N) is 1. The minimum atomic E-state index is -3.25. The maximum Gasteiger partial charge on any atom is 0.307 e. The van der Waals surface area contributed by atoms with Gasteiger partial charge in [-0.2, -0.15) is 8.78 Å². The van der Waals surface area contributed by atoms with Crippen LogP contribution in [-0.4, -0.2) is 29.5 Å². The van der Waals surface area contributed by atoms with E-state index in [2.05, 4.69) is 10.3 Å². The van der Waals surface area contributed by atoms with Crippen molar-refractivity contribution in [1.29, 1.82) is 0 Å². The fourth-order valence-electron chi connectivity index (χ4n) is 3.20. The van der Waals surface area contributed by atoms with Gasteiger partial charge in [-0.1, -0.05) is 30.3 Å². The van der Waals surface area contributed by atoms with Crippen LogP contribution in [0.25, 0.3) is 0 Å². The Morgan fingerprint density at radius 3 is 2.71 bits per heavy atom. The lowest BCUT2D eigenvalue weighted by Crippen LogP contribution is -2.66. The van der Waals surface area contributed by atoms with Crippen molar-refractivity contribution in [3.05, 3.63) is 35.9 Å². The minimum Gasteiger partial charge on any atom is -0.296 e. The van der Waals surface area contributed by atoms with E-state index in [0.717, 1.165) is 5.56 Å². The molecule has 0 bridgehead atoms. The number of alkyl halides is 2. The van der Waals surface area contributed by atoms with Gasteiger partial charge in [0.1, 0.15) is 5.54 Å². The van der Waals surface area contributed by atoms with Crippen molar-refractivity contribution in [2.75, 3.05) is 6.54 Å². The van der Waals surface area contributed by atoms with Gasteiger partial charge >= 0.3 is 5.92 Å². The lowest BCUT2D eigenvalue weighted by Gasteiger charge is -2.43. The predicted octanol–water partition coefficient (Wildman–Crippen LogP) is 2.75. The van der Waals surface area contributed by atoms with E-state index in [1.807, 2.05) is 30.3 Å². The second kappa shape index (κ2) is 5.30. The first-order chi connectivity index (χ1) is 10.0. The molecule has 1 fully saturated rings. The molecule has 1 aliphatic heterocycles. The summed E-state index contributed by atoms with van der Waals surface area (Å²) in [7, 11) is 0. The first-order valence-corrected chi connectivity index (χ1v) is 7.30. The Balaban J connectivity index is 1.88. The van der Waals surface area contributed by atoms with Crippen LogP contribution >= 0.6 is 0 Å². The molecule has 21 heavy (non-hydrogen) atoms. The molecule has 1 aromatic carbocycles. The number of benzene rings is 1. The Morgan fingerprint density at radius 2 is 1.95 bits per heavy atom. The smallest absolute Gasteiger partial charge is 0.296 e. The van der Waals surface area contributed by atoms with Crippen LogP contribution in [0.5, 0.6) is 0 Å². The third-order valence-corrected chi connectivity index (χ3v) is 4.34. The molecule has 1 heterocycles. The van der Waals surface area contributed by atoms with E-state index in [9.17, 15) is 13.6 Å². The van der Waals surface area contributed by atoms with Crippen LogP contribution in [0.3, 0.4) is 0 Å². The van der Waals surface area contributed by atoms with Crippen molar-refractivity contribution in [1.82, 2.24) is 5.32 Å². The molecular formula is C16H18F2N2O. The monoisotopic (exact) mass is 292 g/mol. The highest BCUT2D eigenvalue weighted by Gasteiger charge is 2.58. The number of ketones is 1. The highest BCUT2D eigenvalue weighted by atomic mass is 19.3. The molecule has 2 aliphatic rings. The van der Waals surface area contributed by atoms with E-state index >= 15 is 0 Å². The zero-order valence-electron chi connectivity index (χ0n) is 11.7. The number of fused-ring (bicyclic) bond motifs is 1. The Bertz CT molecular complexity index is 571. The van der Waals surface area contributed by atoms with Gasteiger partial charge in [0.2, 0.25) is 5.78 Å². The van der Waals surface area contributed by atoms with E-state index in [1.54, 1.807) is 0 Å². The fraction of sp³-hybridized carbons (Fsp3) is 0.500. The third-order valence-electron chi connectivity index (χ3n) is 4.34. The molecule has 0 aromatic heterocycles. The molecule has 5 heteroatoms. The van der Waals surface area contributed by atoms with Crippen molar-refractivity contribution in [2.24, 2.45) is 4.99 Å². The summed E-state index contributed by atoms with van der Waals surface area (Å²) in [6, 6.07) is 9.50. The molecule has 112 valence electrons. The van der Waals surface area contributed by atoms with Crippen molar-refractivity contribution >= 4 is 11.5 Å². The number of halogens is 2. The normalized spacial score (nSPS) is 27.9. The molecule has 0 amide bonds. The number of carbonyl (C=O) groups excluding carboxylic acids is 1. The van der Waals surface area contributed by atoms with E-state index in [-0.39, 0.29) is 6.42 Å². The maximum absolute atomic E-state index is 13.9. The van der Waals surface area contributed by atoms with Gasteiger partial charge in [-0.05, 0) is 24.8 Å². The van der Waals surface area contributed by atoms with Crippen LogP contribution in [0, 0.1) is 0 Å². The summed E-state index contributed by atoms with van der Waals surface area (Å²) in [6.45, 7) is 1.02. The number of carbonyl (C=O) groups is 1. The number of nitrogens with one attached hydrogen (secondary N) is 1. The molecule has 1 aliphatic carbocycles. The van der Waals surface area contributed by atoms with Crippen LogP contribution < -0.4 is 5.32 Å². The van der Waals surface area contributed by atoms with Gasteiger partial charge in [-0.3, -0.25) is 15.1 Å².